The van der Waals surface area contributed by atoms with Crippen molar-refractivity contribution in [2.45, 2.75) is 0 Å². The van der Waals surface area contributed by atoms with Crippen LogP contribution in [0.2, 0.25) is 10.0 Å². The molecular weight excluding hydrogens is 371 g/mol. The molecular formula is C16H8Cl2N2OS2. The van der Waals surface area contributed by atoms with Gasteiger partial charge >= 0.3 is 0 Å². The molecule has 114 valence electrons. The average Bonchev–Trinajstić information content (AvgIpc) is 3.20. The number of thiophene rings is 1. The van der Waals surface area contributed by atoms with E-state index in [2.05, 4.69) is 11.1 Å². The van der Waals surface area contributed by atoms with Crippen LogP contribution in [0.3, 0.4) is 0 Å². The zero-order chi connectivity index (χ0) is 16.4. The number of hydrogen-bond acceptors (Lipinski definition) is 5. The minimum atomic E-state index is -0.168. The van der Waals surface area contributed by atoms with Gasteiger partial charge in [-0.15, -0.1) is 22.7 Å². The van der Waals surface area contributed by atoms with Crippen molar-refractivity contribution in [2.24, 2.45) is 0 Å². The van der Waals surface area contributed by atoms with E-state index in [1.165, 1.54) is 11.3 Å². The quantitative estimate of drug-likeness (QED) is 0.572. The van der Waals surface area contributed by atoms with Gasteiger partial charge in [0.15, 0.2) is 5.75 Å². The summed E-state index contributed by atoms with van der Waals surface area (Å²) in [6.45, 7) is 0. The lowest BCUT2D eigenvalue weighted by Crippen LogP contribution is -1.83. The Hall–Kier alpha value is -1.84. The number of nitriles is 1. The van der Waals surface area contributed by atoms with Crippen LogP contribution in [0.1, 0.15) is 10.6 Å². The predicted molar refractivity (Wildman–Crippen MR) is 97.0 cm³/mol. The van der Waals surface area contributed by atoms with Crippen LogP contribution in [0.4, 0.5) is 0 Å². The molecule has 0 aliphatic heterocycles. The Kier molecular flexibility index (Phi) is 4.69. The summed E-state index contributed by atoms with van der Waals surface area (Å²) in [5, 5.41) is 23.8. The number of allylic oxidation sites excluding steroid dienone is 1. The second-order valence-electron chi connectivity index (χ2n) is 4.52. The van der Waals surface area contributed by atoms with Crippen molar-refractivity contribution in [3.63, 3.8) is 0 Å². The minimum Gasteiger partial charge on any atom is -0.505 e. The lowest BCUT2D eigenvalue weighted by molar-refractivity contribution is 0.476. The second kappa shape index (κ2) is 6.73. The Morgan fingerprint density at radius 2 is 2.00 bits per heavy atom. The van der Waals surface area contributed by atoms with Gasteiger partial charge in [0.25, 0.3) is 0 Å². The molecule has 3 rings (SSSR count). The van der Waals surface area contributed by atoms with Crippen LogP contribution in [0.5, 0.6) is 5.75 Å². The Labute approximate surface area is 150 Å². The smallest absolute Gasteiger partial charge is 0.152 e. The van der Waals surface area contributed by atoms with Crippen LogP contribution in [-0.2, 0) is 0 Å². The maximum Gasteiger partial charge on any atom is 0.152 e. The number of hydrogen-bond donors (Lipinski definition) is 1. The summed E-state index contributed by atoms with van der Waals surface area (Å²) in [5.41, 5.74) is 1.89. The first-order valence-corrected chi connectivity index (χ1v) is 8.89. The fourth-order valence-corrected chi connectivity index (χ4v) is 3.96. The summed E-state index contributed by atoms with van der Waals surface area (Å²) in [6, 6.07) is 9.19. The summed E-state index contributed by atoms with van der Waals surface area (Å²) < 4.78 is 0. The lowest BCUT2D eigenvalue weighted by atomic mass is 10.1. The van der Waals surface area contributed by atoms with E-state index in [1.54, 1.807) is 29.5 Å². The summed E-state index contributed by atoms with van der Waals surface area (Å²) >= 11 is 14.8. The van der Waals surface area contributed by atoms with Crippen molar-refractivity contribution in [1.82, 2.24) is 4.98 Å². The molecule has 0 saturated carbocycles. The molecule has 7 heteroatoms. The first-order valence-electron chi connectivity index (χ1n) is 6.38. The molecule has 3 aromatic rings. The highest BCUT2D eigenvalue weighted by Gasteiger charge is 2.11. The number of phenols is 1. The molecule has 23 heavy (non-hydrogen) atoms. The maximum absolute atomic E-state index is 9.59. The number of phenolic OH excluding ortho intramolecular Hbond substituents is 1. The molecule has 2 aromatic heterocycles. The van der Waals surface area contributed by atoms with E-state index in [9.17, 15) is 10.4 Å². The minimum absolute atomic E-state index is 0.138. The van der Waals surface area contributed by atoms with Crippen molar-refractivity contribution < 1.29 is 5.11 Å². The highest BCUT2D eigenvalue weighted by atomic mass is 35.5. The maximum atomic E-state index is 9.59. The van der Waals surface area contributed by atoms with E-state index in [1.807, 2.05) is 22.9 Å². The summed E-state index contributed by atoms with van der Waals surface area (Å²) in [5.74, 6) is -0.168. The third-order valence-corrected chi connectivity index (χ3v) is 5.32. The van der Waals surface area contributed by atoms with Crippen molar-refractivity contribution in [3.05, 3.63) is 55.6 Å². The van der Waals surface area contributed by atoms with Gasteiger partial charge < -0.3 is 5.11 Å². The number of benzene rings is 1. The predicted octanol–water partition coefficient (Wildman–Crippen LogP) is 5.95. The van der Waals surface area contributed by atoms with E-state index < -0.39 is 0 Å². The van der Waals surface area contributed by atoms with Gasteiger partial charge in [-0.2, -0.15) is 5.26 Å². The monoisotopic (exact) mass is 378 g/mol. The van der Waals surface area contributed by atoms with Crippen LogP contribution in [0.25, 0.3) is 22.2 Å². The molecule has 0 bridgehead atoms. The fraction of sp³-hybridized carbons (Fsp3) is 0. The normalized spacial score (nSPS) is 11.4. The number of aromatic nitrogens is 1. The molecule has 0 saturated heterocycles. The Balaban J connectivity index is 1.99. The Morgan fingerprint density at radius 1 is 1.26 bits per heavy atom. The first-order chi connectivity index (χ1) is 11.1. The standard InChI is InChI=1S/C16H8Cl2N2OS2/c17-11-5-9(6-12(18)15(11)21)4-10(7-19)16-20-13(8-23-16)14-2-1-3-22-14/h1-6,8,21H/b10-4+. The van der Waals surface area contributed by atoms with Crippen LogP contribution >= 0.6 is 45.9 Å². The molecule has 0 unspecified atom stereocenters. The third kappa shape index (κ3) is 3.41. The van der Waals surface area contributed by atoms with Crippen LogP contribution in [0.15, 0.2) is 35.0 Å². The van der Waals surface area contributed by atoms with Crippen LogP contribution < -0.4 is 0 Å². The number of thiazole rings is 1. The summed E-state index contributed by atoms with van der Waals surface area (Å²) in [4.78, 5) is 5.56. The average molecular weight is 379 g/mol. The lowest BCUT2D eigenvalue weighted by Gasteiger charge is -2.02. The van der Waals surface area contributed by atoms with E-state index in [4.69, 9.17) is 23.2 Å². The summed E-state index contributed by atoms with van der Waals surface area (Å²) in [6.07, 6.45) is 1.65. The number of aromatic hydroxyl groups is 1. The van der Waals surface area contributed by atoms with Crippen molar-refractivity contribution in [1.29, 1.82) is 5.26 Å². The highest BCUT2D eigenvalue weighted by molar-refractivity contribution is 7.14. The van der Waals surface area contributed by atoms with Crippen LogP contribution in [0, 0.1) is 11.3 Å². The molecule has 3 nitrogen and oxygen atoms in total. The molecule has 1 N–H and O–H groups in total. The van der Waals surface area contributed by atoms with Crippen LogP contribution in [-0.4, -0.2) is 10.1 Å². The molecule has 2 heterocycles. The summed E-state index contributed by atoms with van der Waals surface area (Å²) in [7, 11) is 0. The number of halogens is 2. The van der Waals surface area contributed by atoms with E-state index in [0.29, 0.717) is 16.1 Å². The highest BCUT2D eigenvalue weighted by Crippen LogP contribution is 2.34. The zero-order valence-corrected chi connectivity index (χ0v) is 14.6. The van der Waals surface area contributed by atoms with Crippen molar-refractivity contribution >= 4 is 57.5 Å². The zero-order valence-electron chi connectivity index (χ0n) is 11.5. The van der Waals surface area contributed by atoms with Gasteiger partial charge in [0.05, 0.1) is 26.2 Å². The first kappa shape index (κ1) is 16.0. The molecule has 1 aromatic carbocycles. The van der Waals surface area contributed by atoms with E-state index in [-0.39, 0.29) is 15.8 Å². The second-order valence-corrected chi connectivity index (χ2v) is 7.14. The Morgan fingerprint density at radius 3 is 2.61 bits per heavy atom. The molecule has 0 aliphatic carbocycles. The SMILES string of the molecule is N#C/C(=C\c1cc(Cl)c(O)c(Cl)c1)c1nc(-c2cccs2)cs1. The Bertz CT molecular complexity index is 901. The largest absolute Gasteiger partial charge is 0.505 e. The van der Waals surface area contributed by atoms with Gasteiger partial charge in [0, 0.05) is 5.38 Å². The van der Waals surface area contributed by atoms with E-state index >= 15 is 0 Å². The number of rotatable bonds is 3. The van der Waals surface area contributed by atoms with Crippen molar-refractivity contribution in [3.8, 4) is 22.4 Å². The molecule has 0 aliphatic rings. The topological polar surface area (TPSA) is 56.9 Å². The van der Waals surface area contributed by atoms with Gasteiger partial charge in [-0.3, -0.25) is 0 Å². The van der Waals surface area contributed by atoms with Gasteiger partial charge in [0.1, 0.15) is 11.1 Å². The number of nitrogens with zero attached hydrogens (tertiary/aromatic N) is 2. The van der Waals surface area contributed by atoms with Gasteiger partial charge in [-0.05, 0) is 35.2 Å². The molecule has 0 spiro atoms. The third-order valence-electron chi connectivity index (χ3n) is 2.98. The van der Waals surface area contributed by atoms with Gasteiger partial charge in [-0.25, -0.2) is 4.98 Å². The van der Waals surface area contributed by atoms with Crippen molar-refractivity contribution in [2.75, 3.05) is 0 Å². The fourth-order valence-electron chi connectivity index (χ4n) is 1.91. The molecule has 0 radical (unpaired) electrons. The van der Waals surface area contributed by atoms with Gasteiger partial charge in [-0.1, -0.05) is 29.3 Å². The molecule has 0 atom stereocenters. The van der Waals surface area contributed by atoms with E-state index in [0.717, 1.165) is 10.6 Å². The molecule has 0 amide bonds. The molecule has 0 fully saturated rings. The van der Waals surface area contributed by atoms with Gasteiger partial charge in [0.2, 0.25) is 0 Å².